The third-order valence-corrected chi connectivity index (χ3v) is 2.63. The number of methoxy groups -OCH3 is 2. The Morgan fingerprint density at radius 3 is 2.38 bits per heavy atom. The lowest BCUT2D eigenvalue weighted by molar-refractivity contribution is 0.0851. The Labute approximate surface area is 102 Å². The van der Waals surface area contributed by atoms with Crippen LogP contribution in [0.5, 0.6) is 11.5 Å². The minimum atomic E-state index is -0.394. The van der Waals surface area contributed by atoms with Crippen LogP contribution in [0.4, 0.5) is 4.39 Å². The summed E-state index contributed by atoms with van der Waals surface area (Å²) in [5, 5.41) is 0. The smallest absolute Gasteiger partial charge is 0.175 e. The first-order valence-electron chi connectivity index (χ1n) is 4.50. The van der Waals surface area contributed by atoms with Gasteiger partial charge in [0.25, 0.3) is 0 Å². The first-order chi connectivity index (χ1) is 7.65. The number of hydrogen-bond acceptors (Lipinski definition) is 4. The molecule has 16 heavy (non-hydrogen) atoms. The van der Waals surface area contributed by atoms with Crippen molar-refractivity contribution >= 4 is 15.9 Å². The lowest BCUT2D eigenvalue weighted by Crippen LogP contribution is -2.13. The Kier molecular flexibility index (Phi) is 4.98. The molecule has 1 aromatic rings. The van der Waals surface area contributed by atoms with E-state index in [1.165, 1.54) is 27.4 Å². The fourth-order valence-corrected chi connectivity index (χ4v) is 1.88. The van der Waals surface area contributed by atoms with E-state index in [9.17, 15) is 4.39 Å². The average Bonchev–Trinajstić information content (AvgIpc) is 2.27. The fraction of sp³-hybridized carbons (Fsp3) is 0.400. The molecular weight excluding hydrogens is 281 g/mol. The van der Waals surface area contributed by atoms with Crippen molar-refractivity contribution in [2.75, 3.05) is 21.3 Å². The lowest BCUT2D eigenvalue weighted by Gasteiger charge is -2.15. The summed E-state index contributed by atoms with van der Waals surface area (Å²) in [6, 6.07) is 1.33. The minimum Gasteiger partial charge on any atom is -0.492 e. The highest BCUT2D eigenvalue weighted by Crippen LogP contribution is 2.39. The average molecular weight is 294 g/mol. The number of rotatable bonds is 5. The van der Waals surface area contributed by atoms with Crippen molar-refractivity contribution in [1.29, 1.82) is 0 Å². The number of ether oxygens (including phenoxy) is 2. The zero-order valence-electron chi connectivity index (χ0n) is 9.27. The van der Waals surface area contributed by atoms with Crippen LogP contribution in [-0.2, 0) is 11.4 Å². The van der Waals surface area contributed by atoms with E-state index >= 15 is 0 Å². The summed E-state index contributed by atoms with van der Waals surface area (Å²) >= 11 is 3.20. The summed E-state index contributed by atoms with van der Waals surface area (Å²) < 4.78 is 24.5. The van der Waals surface area contributed by atoms with Gasteiger partial charge in [-0.3, -0.25) is 0 Å². The number of nitrogens with one attached hydrogen (secondary N) is 1. The van der Waals surface area contributed by atoms with Crippen LogP contribution >= 0.6 is 15.9 Å². The highest BCUT2D eigenvalue weighted by atomic mass is 79.9. The van der Waals surface area contributed by atoms with Crippen molar-refractivity contribution in [3.8, 4) is 11.5 Å². The van der Waals surface area contributed by atoms with Gasteiger partial charge in [0.1, 0.15) is 5.82 Å². The lowest BCUT2D eigenvalue weighted by atomic mass is 10.1. The maximum absolute atomic E-state index is 13.7. The molecule has 0 saturated heterocycles. The molecule has 0 atom stereocenters. The van der Waals surface area contributed by atoms with Crippen molar-refractivity contribution < 1.29 is 18.7 Å². The highest BCUT2D eigenvalue weighted by Gasteiger charge is 2.18. The molecule has 0 heterocycles. The second kappa shape index (κ2) is 6.03. The number of halogens is 2. The molecule has 0 radical (unpaired) electrons. The van der Waals surface area contributed by atoms with E-state index in [4.69, 9.17) is 9.47 Å². The second-order valence-corrected chi connectivity index (χ2v) is 3.76. The van der Waals surface area contributed by atoms with Gasteiger partial charge >= 0.3 is 0 Å². The molecule has 0 aromatic heterocycles. The molecule has 0 spiro atoms. The standard InChI is InChI=1S/C10H13BrFNO3/c1-14-9-6(5-13-16-3)8(12)4-7(11)10(9)15-2/h4,13H,5H2,1-3H3. The van der Waals surface area contributed by atoms with E-state index < -0.39 is 5.82 Å². The van der Waals surface area contributed by atoms with Crippen molar-refractivity contribution in [3.05, 3.63) is 21.9 Å². The monoisotopic (exact) mass is 293 g/mol. The van der Waals surface area contributed by atoms with Gasteiger partial charge in [0.2, 0.25) is 0 Å². The first kappa shape index (κ1) is 13.2. The predicted molar refractivity (Wildman–Crippen MR) is 61.1 cm³/mol. The topological polar surface area (TPSA) is 39.7 Å². The third-order valence-electron chi connectivity index (χ3n) is 2.04. The van der Waals surface area contributed by atoms with Gasteiger partial charge in [-0.05, 0) is 22.0 Å². The normalized spacial score (nSPS) is 10.3. The molecule has 6 heteroatoms. The first-order valence-corrected chi connectivity index (χ1v) is 5.29. The molecule has 0 unspecified atom stereocenters. The number of hydroxylamine groups is 1. The van der Waals surface area contributed by atoms with Gasteiger partial charge in [0.05, 0.1) is 32.3 Å². The van der Waals surface area contributed by atoms with E-state index in [2.05, 4.69) is 26.2 Å². The van der Waals surface area contributed by atoms with Crippen LogP contribution in [0, 0.1) is 5.82 Å². The Balaban J connectivity index is 3.22. The Morgan fingerprint density at radius 1 is 1.25 bits per heavy atom. The van der Waals surface area contributed by atoms with Crippen LogP contribution in [-0.4, -0.2) is 21.3 Å². The summed E-state index contributed by atoms with van der Waals surface area (Å²) in [5.74, 6) is 0.407. The van der Waals surface area contributed by atoms with Gasteiger partial charge in [-0.15, -0.1) is 0 Å². The van der Waals surface area contributed by atoms with Crippen LogP contribution in [0.15, 0.2) is 10.5 Å². The van der Waals surface area contributed by atoms with E-state index in [1.807, 2.05) is 0 Å². The predicted octanol–water partition coefficient (Wildman–Crippen LogP) is 2.26. The van der Waals surface area contributed by atoms with E-state index in [1.54, 1.807) is 0 Å². The van der Waals surface area contributed by atoms with Crippen LogP contribution in [0.2, 0.25) is 0 Å². The molecule has 1 N–H and O–H groups in total. The van der Waals surface area contributed by atoms with Crippen LogP contribution in [0.1, 0.15) is 5.56 Å². The molecule has 0 saturated carbocycles. The molecule has 1 aromatic carbocycles. The SMILES string of the molecule is CONCc1c(F)cc(Br)c(OC)c1OC. The van der Waals surface area contributed by atoms with E-state index in [-0.39, 0.29) is 6.54 Å². The van der Waals surface area contributed by atoms with Crippen LogP contribution in [0.25, 0.3) is 0 Å². The van der Waals surface area contributed by atoms with E-state index in [0.717, 1.165) is 0 Å². The number of hydrogen-bond donors (Lipinski definition) is 1. The largest absolute Gasteiger partial charge is 0.492 e. The molecule has 90 valence electrons. The van der Waals surface area contributed by atoms with Gasteiger partial charge in [0.15, 0.2) is 11.5 Å². The molecule has 4 nitrogen and oxygen atoms in total. The van der Waals surface area contributed by atoms with Crippen molar-refractivity contribution in [2.24, 2.45) is 0 Å². The third kappa shape index (κ3) is 2.63. The van der Waals surface area contributed by atoms with Gasteiger partial charge in [-0.25, -0.2) is 4.39 Å². The fourth-order valence-electron chi connectivity index (χ4n) is 1.33. The Bertz CT molecular complexity index is 374. The summed E-state index contributed by atoms with van der Waals surface area (Å²) in [6.07, 6.45) is 0. The molecular formula is C10H13BrFNO3. The Hall–Kier alpha value is -0.850. The quantitative estimate of drug-likeness (QED) is 0.846. The Morgan fingerprint density at radius 2 is 1.88 bits per heavy atom. The summed E-state index contributed by atoms with van der Waals surface area (Å²) in [7, 11) is 4.41. The molecule has 0 aliphatic rings. The summed E-state index contributed by atoms with van der Waals surface area (Å²) in [6.45, 7) is 0.190. The summed E-state index contributed by atoms with van der Waals surface area (Å²) in [4.78, 5) is 4.68. The molecule has 0 bridgehead atoms. The maximum atomic E-state index is 13.7. The van der Waals surface area contributed by atoms with Crippen molar-refractivity contribution in [3.63, 3.8) is 0 Å². The van der Waals surface area contributed by atoms with Gasteiger partial charge in [0, 0.05) is 5.56 Å². The molecule has 0 amide bonds. The van der Waals surface area contributed by atoms with Gasteiger partial charge in [-0.1, -0.05) is 0 Å². The maximum Gasteiger partial charge on any atom is 0.175 e. The highest BCUT2D eigenvalue weighted by molar-refractivity contribution is 9.10. The van der Waals surface area contributed by atoms with Crippen LogP contribution in [0.3, 0.4) is 0 Å². The molecule has 1 rings (SSSR count). The number of benzene rings is 1. The molecule has 0 aliphatic carbocycles. The van der Waals surface area contributed by atoms with Crippen LogP contribution < -0.4 is 15.0 Å². The zero-order valence-corrected chi connectivity index (χ0v) is 10.9. The van der Waals surface area contributed by atoms with Crippen molar-refractivity contribution in [2.45, 2.75) is 6.54 Å². The second-order valence-electron chi connectivity index (χ2n) is 2.91. The summed E-state index contributed by atoms with van der Waals surface area (Å²) in [5.41, 5.74) is 2.91. The van der Waals surface area contributed by atoms with Gasteiger partial charge in [-0.2, -0.15) is 5.48 Å². The zero-order chi connectivity index (χ0) is 12.1. The molecule has 0 fully saturated rings. The minimum absolute atomic E-state index is 0.190. The van der Waals surface area contributed by atoms with Crippen molar-refractivity contribution in [1.82, 2.24) is 5.48 Å². The van der Waals surface area contributed by atoms with Gasteiger partial charge < -0.3 is 14.3 Å². The van der Waals surface area contributed by atoms with E-state index in [0.29, 0.717) is 21.5 Å². The molecule has 0 aliphatic heterocycles.